The summed E-state index contributed by atoms with van der Waals surface area (Å²) in [5.74, 6) is -1.17. The molecular formula is C21H24N4O4S. The molecular weight excluding hydrogens is 404 g/mol. The molecule has 4 amide bonds. The summed E-state index contributed by atoms with van der Waals surface area (Å²) in [4.78, 5) is 50.0. The van der Waals surface area contributed by atoms with Gasteiger partial charge in [-0.2, -0.15) is 4.37 Å². The molecule has 1 aliphatic carbocycles. The van der Waals surface area contributed by atoms with E-state index in [1.165, 1.54) is 11.5 Å². The number of carbonyl (C=O) groups excluding carboxylic acids is 4. The van der Waals surface area contributed by atoms with Crippen LogP contribution in [0.4, 0.5) is 0 Å². The Morgan fingerprint density at radius 1 is 1.10 bits per heavy atom. The summed E-state index contributed by atoms with van der Waals surface area (Å²) >= 11 is 1.38. The summed E-state index contributed by atoms with van der Waals surface area (Å²) in [5.41, 5.74) is -0.0153. The van der Waals surface area contributed by atoms with Crippen molar-refractivity contribution >= 4 is 45.2 Å². The first kappa shape index (κ1) is 20.5. The van der Waals surface area contributed by atoms with Crippen LogP contribution >= 0.6 is 11.5 Å². The largest absolute Gasteiger partial charge is 0.350 e. The number of hydrogen-bond acceptors (Lipinski definition) is 6. The van der Waals surface area contributed by atoms with Gasteiger partial charge in [0.15, 0.2) is 0 Å². The van der Waals surface area contributed by atoms with Gasteiger partial charge in [0, 0.05) is 36.5 Å². The molecule has 8 nitrogen and oxygen atoms in total. The predicted octanol–water partition coefficient (Wildman–Crippen LogP) is 1.99. The number of likely N-dealkylation sites (tertiary alicyclic amines) is 1. The van der Waals surface area contributed by atoms with Crippen LogP contribution in [-0.4, -0.2) is 51.5 Å². The Bertz CT molecular complexity index is 980. The van der Waals surface area contributed by atoms with Gasteiger partial charge >= 0.3 is 0 Å². The van der Waals surface area contributed by atoms with Gasteiger partial charge in [-0.3, -0.25) is 24.1 Å². The molecule has 1 saturated carbocycles. The minimum Gasteiger partial charge on any atom is -0.350 e. The first-order chi connectivity index (χ1) is 14.5. The molecule has 158 valence electrons. The van der Waals surface area contributed by atoms with Gasteiger partial charge in [-0.25, -0.2) is 0 Å². The Hall–Kier alpha value is -2.81. The molecule has 2 N–H and O–H groups in total. The van der Waals surface area contributed by atoms with Crippen molar-refractivity contribution in [2.75, 3.05) is 13.1 Å². The second-order valence-electron chi connectivity index (χ2n) is 8.02. The van der Waals surface area contributed by atoms with Crippen molar-refractivity contribution in [3.05, 3.63) is 30.0 Å². The monoisotopic (exact) mass is 428 g/mol. The van der Waals surface area contributed by atoms with Crippen LogP contribution in [0.1, 0.15) is 55.3 Å². The molecule has 30 heavy (non-hydrogen) atoms. The highest BCUT2D eigenvalue weighted by Crippen LogP contribution is 2.28. The molecule has 0 spiro atoms. The van der Waals surface area contributed by atoms with E-state index in [0.717, 1.165) is 47.1 Å². The third kappa shape index (κ3) is 4.35. The van der Waals surface area contributed by atoms with Crippen molar-refractivity contribution in [1.82, 2.24) is 19.9 Å². The van der Waals surface area contributed by atoms with Crippen LogP contribution in [0.25, 0.3) is 10.1 Å². The topological polar surface area (TPSA) is 108 Å². The zero-order chi connectivity index (χ0) is 21.1. The standard InChI is InChI=1S/C21H24N4O4S/c26-17(12-25-18(27)6-7-19(25)28)24-21(8-2-1-3-9-21)13-22-20(29)14-4-5-16-15(10-14)11-23-30-16/h4-5,10-11H,1-3,6-9,12-13H2,(H,22,29)(H,24,26). The first-order valence-electron chi connectivity index (χ1n) is 10.2. The maximum atomic E-state index is 12.7. The SMILES string of the molecule is O=C(CN1C(=O)CCC1=O)NC1(CNC(=O)c2ccc3sncc3c2)CCCCC1. The number of imide groups is 1. The third-order valence-electron chi connectivity index (χ3n) is 5.87. The number of nitrogens with zero attached hydrogens (tertiary/aromatic N) is 2. The Morgan fingerprint density at radius 3 is 2.57 bits per heavy atom. The van der Waals surface area contributed by atoms with Gasteiger partial charge in [0.25, 0.3) is 5.91 Å². The van der Waals surface area contributed by atoms with Crippen LogP contribution in [0.15, 0.2) is 24.4 Å². The smallest absolute Gasteiger partial charge is 0.251 e. The second kappa shape index (κ2) is 8.51. The lowest BCUT2D eigenvalue weighted by molar-refractivity contribution is -0.142. The van der Waals surface area contributed by atoms with Crippen molar-refractivity contribution in [2.45, 2.75) is 50.5 Å². The van der Waals surface area contributed by atoms with E-state index in [1.807, 2.05) is 12.1 Å². The van der Waals surface area contributed by atoms with Gasteiger partial charge in [-0.1, -0.05) is 19.3 Å². The normalized spacial score (nSPS) is 18.6. The number of rotatable bonds is 6. The molecule has 1 saturated heterocycles. The Kier molecular flexibility index (Phi) is 5.80. The Balaban J connectivity index is 1.41. The van der Waals surface area contributed by atoms with Crippen LogP contribution in [-0.2, 0) is 14.4 Å². The Morgan fingerprint density at radius 2 is 1.83 bits per heavy atom. The molecule has 2 fully saturated rings. The fraction of sp³-hybridized carbons (Fsp3) is 0.476. The number of benzene rings is 1. The van der Waals surface area contributed by atoms with E-state index in [9.17, 15) is 19.2 Å². The number of hydrogen-bond donors (Lipinski definition) is 2. The third-order valence-corrected chi connectivity index (χ3v) is 6.65. The molecule has 0 unspecified atom stereocenters. The average molecular weight is 429 g/mol. The van der Waals surface area contributed by atoms with E-state index in [4.69, 9.17) is 0 Å². The minimum atomic E-state index is -0.565. The lowest BCUT2D eigenvalue weighted by atomic mass is 9.81. The van der Waals surface area contributed by atoms with Crippen LogP contribution < -0.4 is 10.6 Å². The van der Waals surface area contributed by atoms with E-state index in [-0.39, 0.29) is 43.0 Å². The molecule has 2 aliphatic rings. The average Bonchev–Trinajstić information content (AvgIpc) is 3.34. The van der Waals surface area contributed by atoms with Crippen molar-refractivity contribution in [3.63, 3.8) is 0 Å². The molecule has 1 aromatic carbocycles. The number of carbonyl (C=O) groups is 4. The van der Waals surface area contributed by atoms with Gasteiger partial charge in [0.2, 0.25) is 17.7 Å². The number of nitrogens with one attached hydrogen (secondary N) is 2. The lowest BCUT2D eigenvalue weighted by Crippen LogP contribution is -2.58. The highest BCUT2D eigenvalue weighted by atomic mass is 32.1. The zero-order valence-electron chi connectivity index (χ0n) is 16.6. The van der Waals surface area contributed by atoms with Crippen LogP contribution in [0.2, 0.25) is 0 Å². The summed E-state index contributed by atoms with van der Waals surface area (Å²) < 4.78 is 5.15. The number of aromatic nitrogens is 1. The fourth-order valence-electron chi connectivity index (χ4n) is 4.22. The summed E-state index contributed by atoms with van der Waals surface area (Å²) in [6.45, 7) is 0.0502. The van der Waals surface area contributed by atoms with E-state index in [2.05, 4.69) is 15.0 Å². The van der Waals surface area contributed by atoms with E-state index >= 15 is 0 Å². The fourth-order valence-corrected chi connectivity index (χ4v) is 4.84. The van der Waals surface area contributed by atoms with Crippen molar-refractivity contribution in [3.8, 4) is 0 Å². The molecule has 0 atom stereocenters. The molecule has 1 aromatic heterocycles. The molecule has 1 aliphatic heterocycles. The molecule has 0 radical (unpaired) electrons. The Labute approximate surface area is 178 Å². The van der Waals surface area contributed by atoms with Crippen molar-refractivity contribution in [2.24, 2.45) is 0 Å². The second-order valence-corrected chi connectivity index (χ2v) is 8.86. The first-order valence-corrected chi connectivity index (χ1v) is 11.0. The van der Waals surface area contributed by atoms with Gasteiger partial charge in [0.1, 0.15) is 6.54 Å². The number of fused-ring (bicyclic) bond motifs is 1. The van der Waals surface area contributed by atoms with Gasteiger partial charge in [-0.15, -0.1) is 0 Å². The van der Waals surface area contributed by atoms with Gasteiger partial charge in [0.05, 0.1) is 10.2 Å². The highest BCUT2D eigenvalue weighted by Gasteiger charge is 2.36. The van der Waals surface area contributed by atoms with Crippen molar-refractivity contribution in [1.29, 1.82) is 0 Å². The maximum absolute atomic E-state index is 12.7. The van der Waals surface area contributed by atoms with Crippen LogP contribution in [0.5, 0.6) is 0 Å². The summed E-state index contributed by atoms with van der Waals surface area (Å²) in [6, 6.07) is 5.46. The van der Waals surface area contributed by atoms with Gasteiger partial charge < -0.3 is 10.6 Å². The molecule has 4 rings (SSSR count). The maximum Gasteiger partial charge on any atom is 0.251 e. The quantitative estimate of drug-likeness (QED) is 0.684. The summed E-state index contributed by atoms with van der Waals surface area (Å²) in [7, 11) is 0. The number of amides is 4. The van der Waals surface area contributed by atoms with E-state index < -0.39 is 5.54 Å². The van der Waals surface area contributed by atoms with Crippen LogP contribution in [0, 0.1) is 0 Å². The van der Waals surface area contributed by atoms with E-state index in [0.29, 0.717) is 12.1 Å². The predicted molar refractivity (Wildman–Crippen MR) is 112 cm³/mol. The zero-order valence-corrected chi connectivity index (χ0v) is 17.4. The molecule has 9 heteroatoms. The molecule has 0 bridgehead atoms. The van der Waals surface area contributed by atoms with Crippen molar-refractivity contribution < 1.29 is 19.2 Å². The summed E-state index contributed by atoms with van der Waals surface area (Å²) in [5, 5.41) is 6.91. The van der Waals surface area contributed by atoms with Crippen LogP contribution in [0.3, 0.4) is 0 Å². The lowest BCUT2D eigenvalue weighted by Gasteiger charge is -2.38. The summed E-state index contributed by atoms with van der Waals surface area (Å²) in [6.07, 6.45) is 6.53. The molecule has 2 heterocycles. The minimum absolute atomic E-state index is 0.164. The molecule has 2 aromatic rings. The van der Waals surface area contributed by atoms with E-state index in [1.54, 1.807) is 12.3 Å². The highest BCUT2D eigenvalue weighted by molar-refractivity contribution is 7.13. The van der Waals surface area contributed by atoms with Gasteiger partial charge in [-0.05, 0) is 42.6 Å².